The summed E-state index contributed by atoms with van der Waals surface area (Å²) in [4.78, 5) is 32.6. The quantitative estimate of drug-likeness (QED) is 0.574. The van der Waals surface area contributed by atoms with E-state index in [2.05, 4.69) is 10.6 Å². The minimum absolute atomic E-state index is 0.0840. The fourth-order valence-electron chi connectivity index (χ4n) is 1.39. The molecule has 2 amide bonds. The molecule has 0 saturated heterocycles. The Morgan fingerprint density at radius 3 is 2.40 bits per heavy atom. The van der Waals surface area contributed by atoms with Gasteiger partial charge in [0.25, 0.3) is 5.69 Å². The number of hydrogen-bond donors (Lipinski definition) is 3. The highest BCUT2D eigenvalue weighted by Gasteiger charge is 2.29. The van der Waals surface area contributed by atoms with Gasteiger partial charge in [-0.2, -0.15) is 0 Å². The number of benzene rings is 1. The first kappa shape index (κ1) is 15.4. The first-order chi connectivity index (χ1) is 9.13. The minimum atomic E-state index is -1.42. The Hall–Kier alpha value is -2.64. The van der Waals surface area contributed by atoms with Crippen LogP contribution in [0.4, 0.5) is 16.2 Å². The molecule has 108 valence electrons. The molecule has 8 nitrogen and oxygen atoms in total. The van der Waals surface area contributed by atoms with Gasteiger partial charge in [0, 0.05) is 17.8 Å². The van der Waals surface area contributed by atoms with E-state index in [0.717, 1.165) is 0 Å². The molecule has 3 N–H and O–H groups in total. The van der Waals surface area contributed by atoms with E-state index in [1.807, 2.05) is 0 Å². The standard InChI is InChI=1S/C12H15N3O5/c1-7-6-8(15(19)20)4-5-9(7)13-11(18)14-12(2,3)10(16)17/h4-6H,1-3H3,(H,16,17)(H2,13,14,18). The Labute approximate surface area is 114 Å². The van der Waals surface area contributed by atoms with Crippen molar-refractivity contribution in [2.45, 2.75) is 26.3 Å². The van der Waals surface area contributed by atoms with Crippen molar-refractivity contribution >= 4 is 23.4 Å². The number of aryl methyl sites for hydroxylation is 1. The molecule has 20 heavy (non-hydrogen) atoms. The molecule has 0 unspecified atom stereocenters. The summed E-state index contributed by atoms with van der Waals surface area (Å²) in [6, 6.07) is 3.26. The SMILES string of the molecule is Cc1cc([N+](=O)[O-])ccc1NC(=O)NC(C)(C)C(=O)O. The maximum atomic E-state index is 11.7. The average molecular weight is 281 g/mol. The molecular weight excluding hydrogens is 266 g/mol. The van der Waals surface area contributed by atoms with Gasteiger partial charge in [-0.3, -0.25) is 10.1 Å². The van der Waals surface area contributed by atoms with Gasteiger partial charge in [-0.25, -0.2) is 9.59 Å². The summed E-state index contributed by atoms with van der Waals surface area (Å²) in [6.45, 7) is 4.29. The van der Waals surface area contributed by atoms with Gasteiger partial charge in [-0.15, -0.1) is 0 Å². The van der Waals surface area contributed by atoms with Crippen LogP contribution in [0, 0.1) is 17.0 Å². The summed E-state index contributed by atoms with van der Waals surface area (Å²) in [5.41, 5.74) is -0.630. The van der Waals surface area contributed by atoms with Crippen LogP contribution in [-0.4, -0.2) is 27.6 Å². The summed E-state index contributed by atoms with van der Waals surface area (Å²) in [7, 11) is 0. The van der Waals surface area contributed by atoms with Gasteiger partial charge in [-0.1, -0.05) is 0 Å². The minimum Gasteiger partial charge on any atom is -0.480 e. The summed E-state index contributed by atoms with van der Waals surface area (Å²) in [5.74, 6) is -1.17. The van der Waals surface area contributed by atoms with Crippen LogP contribution in [0.3, 0.4) is 0 Å². The van der Waals surface area contributed by atoms with Crippen molar-refractivity contribution in [1.29, 1.82) is 0 Å². The predicted octanol–water partition coefficient (Wildman–Crippen LogP) is 1.89. The van der Waals surface area contributed by atoms with Crippen molar-refractivity contribution < 1.29 is 19.6 Å². The third-order valence-corrected chi connectivity index (χ3v) is 2.63. The number of nitro groups is 1. The lowest BCUT2D eigenvalue weighted by Crippen LogP contribution is -2.51. The second-order valence-electron chi connectivity index (χ2n) is 4.77. The van der Waals surface area contributed by atoms with E-state index in [4.69, 9.17) is 5.11 Å². The molecule has 0 saturated carbocycles. The normalized spacial score (nSPS) is 10.8. The number of nitro benzene ring substituents is 1. The number of nitrogens with one attached hydrogen (secondary N) is 2. The van der Waals surface area contributed by atoms with Crippen LogP contribution >= 0.6 is 0 Å². The number of carboxylic acids is 1. The lowest BCUT2D eigenvalue weighted by Gasteiger charge is -2.21. The van der Waals surface area contributed by atoms with E-state index < -0.39 is 22.5 Å². The van der Waals surface area contributed by atoms with E-state index in [1.165, 1.54) is 32.0 Å². The molecular formula is C12H15N3O5. The monoisotopic (exact) mass is 281 g/mol. The van der Waals surface area contributed by atoms with Crippen molar-refractivity contribution in [2.24, 2.45) is 0 Å². The summed E-state index contributed by atoms with van der Waals surface area (Å²) < 4.78 is 0. The molecule has 0 bridgehead atoms. The zero-order valence-corrected chi connectivity index (χ0v) is 11.3. The van der Waals surface area contributed by atoms with Gasteiger partial charge in [0.1, 0.15) is 5.54 Å². The number of carbonyl (C=O) groups excluding carboxylic acids is 1. The van der Waals surface area contributed by atoms with Crippen LogP contribution in [0.5, 0.6) is 0 Å². The van der Waals surface area contributed by atoms with E-state index in [-0.39, 0.29) is 5.69 Å². The van der Waals surface area contributed by atoms with Crippen molar-refractivity contribution in [3.63, 3.8) is 0 Å². The fourth-order valence-corrected chi connectivity index (χ4v) is 1.39. The van der Waals surface area contributed by atoms with Crippen molar-refractivity contribution in [3.8, 4) is 0 Å². The third-order valence-electron chi connectivity index (χ3n) is 2.63. The number of aliphatic carboxylic acids is 1. The van der Waals surface area contributed by atoms with Gasteiger partial charge < -0.3 is 15.7 Å². The predicted molar refractivity (Wildman–Crippen MR) is 71.7 cm³/mol. The zero-order valence-electron chi connectivity index (χ0n) is 11.3. The molecule has 8 heteroatoms. The van der Waals surface area contributed by atoms with Crippen LogP contribution in [0.25, 0.3) is 0 Å². The van der Waals surface area contributed by atoms with E-state index >= 15 is 0 Å². The molecule has 1 aromatic carbocycles. The topological polar surface area (TPSA) is 122 Å². The fraction of sp³-hybridized carbons (Fsp3) is 0.333. The molecule has 1 aromatic rings. The molecule has 0 aliphatic rings. The van der Waals surface area contributed by atoms with Crippen LogP contribution in [-0.2, 0) is 4.79 Å². The Morgan fingerprint density at radius 2 is 1.95 bits per heavy atom. The maximum Gasteiger partial charge on any atom is 0.328 e. The van der Waals surface area contributed by atoms with Crippen LogP contribution in [0.2, 0.25) is 0 Å². The van der Waals surface area contributed by atoms with Gasteiger partial charge in [-0.05, 0) is 32.4 Å². The van der Waals surface area contributed by atoms with E-state index in [9.17, 15) is 19.7 Å². The Morgan fingerprint density at radius 1 is 1.35 bits per heavy atom. The zero-order chi connectivity index (χ0) is 15.5. The van der Waals surface area contributed by atoms with Gasteiger partial charge in [0.05, 0.1) is 4.92 Å². The second-order valence-corrected chi connectivity index (χ2v) is 4.77. The number of urea groups is 1. The molecule has 0 aliphatic carbocycles. The maximum absolute atomic E-state index is 11.7. The molecule has 1 rings (SSSR count). The average Bonchev–Trinajstić information content (AvgIpc) is 2.30. The molecule has 0 fully saturated rings. The summed E-state index contributed by atoms with van der Waals surface area (Å²) in [6.07, 6.45) is 0. The molecule has 0 aliphatic heterocycles. The number of hydrogen-bond acceptors (Lipinski definition) is 4. The lowest BCUT2D eigenvalue weighted by atomic mass is 10.1. The first-order valence-electron chi connectivity index (χ1n) is 5.71. The highest BCUT2D eigenvalue weighted by molar-refractivity contribution is 5.94. The number of amides is 2. The van der Waals surface area contributed by atoms with Crippen LogP contribution in [0.15, 0.2) is 18.2 Å². The number of rotatable bonds is 4. The Bertz CT molecular complexity index is 568. The highest BCUT2D eigenvalue weighted by Crippen LogP contribution is 2.21. The van der Waals surface area contributed by atoms with Crippen molar-refractivity contribution in [2.75, 3.05) is 5.32 Å². The number of carbonyl (C=O) groups is 2. The smallest absolute Gasteiger partial charge is 0.328 e. The highest BCUT2D eigenvalue weighted by atomic mass is 16.6. The van der Waals surface area contributed by atoms with Gasteiger partial charge in [0.2, 0.25) is 0 Å². The lowest BCUT2D eigenvalue weighted by molar-refractivity contribution is -0.384. The molecule has 0 spiro atoms. The number of non-ortho nitro benzene ring substituents is 1. The number of nitrogens with zero attached hydrogens (tertiary/aromatic N) is 1. The van der Waals surface area contributed by atoms with Crippen molar-refractivity contribution in [3.05, 3.63) is 33.9 Å². The summed E-state index contributed by atoms with van der Waals surface area (Å²) in [5, 5.41) is 24.2. The van der Waals surface area contributed by atoms with E-state index in [1.54, 1.807) is 6.92 Å². The van der Waals surface area contributed by atoms with Crippen LogP contribution < -0.4 is 10.6 Å². The third kappa shape index (κ3) is 3.67. The summed E-state index contributed by atoms with van der Waals surface area (Å²) >= 11 is 0. The molecule has 0 heterocycles. The largest absolute Gasteiger partial charge is 0.480 e. The molecule has 0 atom stereocenters. The molecule has 0 aromatic heterocycles. The van der Waals surface area contributed by atoms with Gasteiger partial charge >= 0.3 is 12.0 Å². The Kier molecular flexibility index (Phi) is 4.28. The Balaban J connectivity index is 2.82. The number of carboxylic acid groups (broad SMARTS) is 1. The number of anilines is 1. The first-order valence-corrected chi connectivity index (χ1v) is 5.71. The van der Waals surface area contributed by atoms with Crippen LogP contribution in [0.1, 0.15) is 19.4 Å². The van der Waals surface area contributed by atoms with Crippen molar-refractivity contribution in [1.82, 2.24) is 5.32 Å². The van der Waals surface area contributed by atoms with Gasteiger partial charge in [0.15, 0.2) is 0 Å². The molecule has 0 radical (unpaired) electrons. The second kappa shape index (κ2) is 5.55. The van der Waals surface area contributed by atoms with E-state index in [0.29, 0.717) is 11.3 Å².